The van der Waals surface area contributed by atoms with E-state index in [1.165, 1.54) is 6.20 Å². The molecule has 0 amide bonds. The number of nitriles is 1. The lowest BCUT2D eigenvalue weighted by Crippen LogP contribution is -2.41. The molecule has 0 aliphatic heterocycles. The van der Waals surface area contributed by atoms with Crippen molar-refractivity contribution in [2.75, 3.05) is 17.2 Å². The molecule has 29 heavy (non-hydrogen) atoms. The molecule has 2 atom stereocenters. The molecule has 1 heterocycles. The van der Waals surface area contributed by atoms with Gasteiger partial charge in [-0.3, -0.25) is 0 Å². The van der Waals surface area contributed by atoms with E-state index in [9.17, 15) is 10.4 Å². The van der Waals surface area contributed by atoms with E-state index in [0.29, 0.717) is 40.3 Å². The molecule has 3 N–H and O–H groups in total. The van der Waals surface area contributed by atoms with Gasteiger partial charge >= 0.3 is 0 Å². The summed E-state index contributed by atoms with van der Waals surface area (Å²) in [5, 5.41) is 27.4. The Morgan fingerprint density at radius 3 is 2.83 bits per heavy atom. The van der Waals surface area contributed by atoms with Gasteiger partial charge in [-0.2, -0.15) is 10.2 Å². The van der Waals surface area contributed by atoms with Gasteiger partial charge in [0, 0.05) is 24.1 Å². The van der Waals surface area contributed by atoms with Crippen LogP contribution in [-0.4, -0.2) is 33.8 Å². The third kappa shape index (κ3) is 5.51. The Hall–Kier alpha value is -2.07. The van der Waals surface area contributed by atoms with E-state index in [4.69, 9.17) is 23.2 Å². The zero-order valence-electron chi connectivity index (χ0n) is 16.5. The minimum absolute atomic E-state index is 0. The minimum atomic E-state index is -0.307. The highest BCUT2D eigenvalue weighted by atomic mass is 35.5. The second kappa shape index (κ2) is 9.17. The first-order chi connectivity index (χ1) is 13.8. The normalized spacial score (nSPS) is 20.7. The highest BCUT2D eigenvalue weighted by Gasteiger charge is 2.35. The fourth-order valence-corrected chi connectivity index (χ4v) is 4.13. The number of benzene rings is 1. The summed E-state index contributed by atoms with van der Waals surface area (Å²) < 4.78 is 0. The fourth-order valence-electron chi connectivity index (χ4n) is 3.63. The van der Waals surface area contributed by atoms with Gasteiger partial charge in [0.25, 0.3) is 0 Å². The Kier molecular flexibility index (Phi) is 6.84. The van der Waals surface area contributed by atoms with Crippen LogP contribution in [0.25, 0.3) is 0 Å². The van der Waals surface area contributed by atoms with E-state index < -0.39 is 0 Å². The maximum atomic E-state index is 10.2. The van der Waals surface area contributed by atoms with E-state index in [1.807, 2.05) is 12.1 Å². The molecule has 0 unspecified atom stereocenters. The van der Waals surface area contributed by atoms with Crippen molar-refractivity contribution >= 4 is 35.0 Å². The molecule has 1 saturated carbocycles. The first-order valence-electron chi connectivity index (χ1n) is 9.68. The summed E-state index contributed by atoms with van der Waals surface area (Å²) in [6.45, 7) is 4.71. The number of nitrogens with one attached hydrogen (secondary N) is 2. The SMILES string of the molecule is CC1(C)C[C@H](Nc2nc(NCCc3ccc(Cl)cc3Cl)ncc2C#N)CC[C@@H]1O.[HH]. The van der Waals surface area contributed by atoms with Gasteiger partial charge in [-0.15, -0.1) is 0 Å². The van der Waals surface area contributed by atoms with Crippen LogP contribution in [0.5, 0.6) is 0 Å². The van der Waals surface area contributed by atoms with Crippen LogP contribution >= 0.6 is 23.2 Å². The number of aliphatic hydroxyl groups excluding tert-OH is 1. The van der Waals surface area contributed by atoms with Crippen molar-refractivity contribution in [3.8, 4) is 6.07 Å². The summed E-state index contributed by atoms with van der Waals surface area (Å²) in [7, 11) is 0. The van der Waals surface area contributed by atoms with Crippen LogP contribution in [0.3, 0.4) is 0 Å². The molecule has 0 spiro atoms. The van der Waals surface area contributed by atoms with Gasteiger partial charge in [0.2, 0.25) is 5.95 Å². The van der Waals surface area contributed by atoms with Gasteiger partial charge in [-0.1, -0.05) is 43.1 Å². The number of hydrogen-bond donors (Lipinski definition) is 3. The zero-order valence-corrected chi connectivity index (χ0v) is 18.1. The highest BCUT2D eigenvalue weighted by molar-refractivity contribution is 6.35. The summed E-state index contributed by atoms with van der Waals surface area (Å²) in [6.07, 6.45) is 4.27. The van der Waals surface area contributed by atoms with E-state index in [2.05, 4.69) is 40.5 Å². The van der Waals surface area contributed by atoms with E-state index in [0.717, 1.165) is 24.8 Å². The summed E-state index contributed by atoms with van der Waals surface area (Å²) in [6, 6.07) is 7.73. The smallest absolute Gasteiger partial charge is 0.224 e. The number of aromatic nitrogens is 2. The summed E-state index contributed by atoms with van der Waals surface area (Å²) in [5.74, 6) is 0.971. The van der Waals surface area contributed by atoms with Crippen LogP contribution in [-0.2, 0) is 6.42 Å². The molecule has 6 nitrogen and oxygen atoms in total. The first-order valence-corrected chi connectivity index (χ1v) is 10.4. The maximum Gasteiger partial charge on any atom is 0.224 e. The molecule has 156 valence electrons. The van der Waals surface area contributed by atoms with Gasteiger partial charge in [-0.05, 0) is 48.8 Å². The third-order valence-corrected chi connectivity index (χ3v) is 5.99. The molecule has 3 rings (SSSR count). The lowest BCUT2D eigenvalue weighted by atomic mass is 9.73. The summed E-state index contributed by atoms with van der Waals surface area (Å²) >= 11 is 12.1. The largest absolute Gasteiger partial charge is 0.393 e. The fraction of sp³-hybridized carbons (Fsp3) is 0.476. The van der Waals surface area contributed by atoms with Crippen molar-refractivity contribution < 1.29 is 6.53 Å². The van der Waals surface area contributed by atoms with Gasteiger partial charge in [-0.25, -0.2) is 4.98 Å². The Morgan fingerprint density at radius 2 is 2.14 bits per heavy atom. The molecule has 1 aliphatic carbocycles. The van der Waals surface area contributed by atoms with Gasteiger partial charge < -0.3 is 15.7 Å². The minimum Gasteiger partial charge on any atom is -0.393 e. The van der Waals surface area contributed by atoms with Crippen molar-refractivity contribution in [1.29, 1.82) is 5.26 Å². The van der Waals surface area contributed by atoms with E-state index >= 15 is 0 Å². The van der Waals surface area contributed by atoms with Gasteiger partial charge in [0.05, 0.1) is 12.3 Å². The monoisotopic (exact) mass is 435 g/mol. The maximum absolute atomic E-state index is 10.2. The number of aliphatic hydroxyl groups is 1. The molecule has 0 radical (unpaired) electrons. The Balaban J connectivity index is 0.00000320. The molecular weight excluding hydrogens is 409 g/mol. The van der Waals surface area contributed by atoms with Crippen LogP contribution in [0.15, 0.2) is 24.4 Å². The second-order valence-electron chi connectivity index (χ2n) is 8.11. The average Bonchev–Trinajstić information content (AvgIpc) is 2.66. The number of halogens is 2. The van der Waals surface area contributed by atoms with Crippen molar-refractivity contribution in [2.45, 2.75) is 51.7 Å². The average molecular weight is 436 g/mol. The molecule has 0 bridgehead atoms. The van der Waals surface area contributed by atoms with Crippen molar-refractivity contribution in [3.05, 3.63) is 45.6 Å². The molecule has 2 aromatic rings. The topological polar surface area (TPSA) is 93.9 Å². The second-order valence-corrected chi connectivity index (χ2v) is 8.95. The van der Waals surface area contributed by atoms with Crippen LogP contribution in [0.1, 0.15) is 45.7 Å². The molecule has 1 fully saturated rings. The number of anilines is 2. The Labute approximate surface area is 182 Å². The lowest BCUT2D eigenvalue weighted by Gasteiger charge is -2.40. The molecule has 1 aromatic heterocycles. The van der Waals surface area contributed by atoms with Crippen molar-refractivity contribution in [2.24, 2.45) is 5.41 Å². The third-order valence-electron chi connectivity index (χ3n) is 5.41. The molecule has 8 heteroatoms. The molecule has 1 aromatic carbocycles. The van der Waals surface area contributed by atoms with Crippen molar-refractivity contribution in [3.63, 3.8) is 0 Å². The first kappa shape index (κ1) is 21.6. The van der Waals surface area contributed by atoms with Gasteiger partial charge in [0.15, 0.2) is 0 Å². The molecule has 1 aliphatic rings. The molecular formula is C21H27Cl2N5O. The van der Waals surface area contributed by atoms with E-state index in [-0.39, 0.29) is 19.0 Å². The quantitative estimate of drug-likeness (QED) is 0.596. The van der Waals surface area contributed by atoms with E-state index in [1.54, 1.807) is 6.07 Å². The number of nitrogens with zero attached hydrogens (tertiary/aromatic N) is 3. The van der Waals surface area contributed by atoms with Crippen LogP contribution < -0.4 is 10.6 Å². The Morgan fingerprint density at radius 1 is 1.34 bits per heavy atom. The lowest BCUT2D eigenvalue weighted by molar-refractivity contribution is 0.00926. The van der Waals surface area contributed by atoms with Crippen LogP contribution in [0.2, 0.25) is 10.0 Å². The number of hydrogen-bond acceptors (Lipinski definition) is 6. The Bertz CT molecular complexity index is 919. The summed E-state index contributed by atoms with van der Waals surface area (Å²) in [5.41, 5.74) is 1.22. The van der Waals surface area contributed by atoms with Crippen LogP contribution in [0, 0.1) is 16.7 Å². The molecule has 0 saturated heterocycles. The highest BCUT2D eigenvalue weighted by Crippen LogP contribution is 2.37. The number of rotatable bonds is 6. The predicted molar refractivity (Wildman–Crippen MR) is 119 cm³/mol. The van der Waals surface area contributed by atoms with Crippen LogP contribution in [0.4, 0.5) is 11.8 Å². The predicted octanol–water partition coefficient (Wildman–Crippen LogP) is 4.91. The zero-order chi connectivity index (χ0) is 21.0. The standard InChI is InChI=1S/C21H25Cl2N5O.H2/c1-21(2)10-16(5-6-18(21)29)27-19-14(11-24)12-26-20(28-19)25-8-7-13-3-4-15(22)9-17(13)23;/h3-4,9,12,16,18,29H,5-8,10H2,1-2H3,(H2,25,26,27,28);1H/t16-,18+;/m1./s1. The van der Waals surface area contributed by atoms with Gasteiger partial charge in [0.1, 0.15) is 17.5 Å². The van der Waals surface area contributed by atoms with Crippen molar-refractivity contribution in [1.82, 2.24) is 9.97 Å². The summed E-state index contributed by atoms with van der Waals surface area (Å²) in [4.78, 5) is 8.73.